The fourth-order valence-corrected chi connectivity index (χ4v) is 3.42. The molecule has 1 aromatic heterocycles. The van der Waals surface area contributed by atoms with Crippen LogP contribution in [0.5, 0.6) is 0 Å². The molecule has 0 amide bonds. The molecule has 1 aliphatic carbocycles. The third-order valence-electron chi connectivity index (χ3n) is 4.09. The summed E-state index contributed by atoms with van der Waals surface area (Å²) in [5.41, 5.74) is 4.75. The SMILES string of the molecule is Cc1cccc(-c2nc(=S)c3c(n2CCO)CCCC3)c1. The molecule has 21 heavy (non-hydrogen) atoms. The number of hydrogen-bond acceptors (Lipinski definition) is 3. The molecule has 1 aliphatic rings. The van der Waals surface area contributed by atoms with E-state index in [9.17, 15) is 5.11 Å². The van der Waals surface area contributed by atoms with E-state index < -0.39 is 0 Å². The smallest absolute Gasteiger partial charge is 0.141 e. The standard InChI is InChI=1S/C17H20N2OS/c1-12-5-4-6-13(11-12)16-18-17(21)14-7-2-3-8-15(14)19(16)9-10-20/h4-6,11,20H,2-3,7-10H2,1H3. The number of nitrogens with zero attached hydrogens (tertiary/aromatic N) is 2. The van der Waals surface area contributed by atoms with Crippen molar-refractivity contribution in [2.24, 2.45) is 0 Å². The highest BCUT2D eigenvalue weighted by molar-refractivity contribution is 7.71. The Kier molecular flexibility index (Phi) is 4.17. The zero-order valence-electron chi connectivity index (χ0n) is 12.3. The zero-order chi connectivity index (χ0) is 14.8. The van der Waals surface area contributed by atoms with Gasteiger partial charge >= 0.3 is 0 Å². The summed E-state index contributed by atoms with van der Waals surface area (Å²) in [6.45, 7) is 2.77. The highest BCUT2D eigenvalue weighted by Crippen LogP contribution is 2.27. The Labute approximate surface area is 130 Å². The normalized spacial score (nSPS) is 14.0. The predicted octanol–water partition coefficient (Wildman–Crippen LogP) is 3.46. The Hall–Kier alpha value is -1.52. The summed E-state index contributed by atoms with van der Waals surface area (Å²) in [4.78, 5) is 4.68. The number of benzene rings is 1. The van der Waals surface area contributed by atoms with Gasteiger partial charge in [-0.05, 0) is 38.7 Å². The maximum Gasteiger partial charge on any atom is 0.141 e. The molecule has 4 heteroatoms. The van der Waals surface area contributed by atoms with Gasteiger partial charge in [0.2, 0.25) is 0 Å². The van der Waals surface area contributed by atoms with Crippen molar-refractivity contribution in [3.8, 4) is 11.4 Å². The van der Waals surface area contributed by atoms with Gasteiger partial charge in [0.1, 0.15) is 10.5 Å². The third kappa shape index (κ3) is 2.78. The number of aryl methyl sites for hydroxylation is 1. The second-order valence-electron chi connectivity index (χ2n) is 5.62. The first-order valence-corrected chi connectivity index (χ1v) is 7.92. The minimum Gasteiger partial charge on any atom is -0.395 e. The van der Waals surface area contributed by atoms with Gasteiger partial charge in [0.05, 0.1) is 6.61 Å². The van der Waals surface area contributed by atoms with E-state index in [2.05, 4.69) is 34.7 Å². The molecule has 0 atom stereocenters. The lowest BCUT2D eigenvalue weighted by Gasteiger charge is -2.24. The van der Waals surface area contributed by atoms with Crippen LogP contribution in [-0.2, 0) is 19.4 Å². The summed E-state index contributed by atoms with van der Waals surface area (Å²) in [7, 11) is 0. The first kappa shape index (κ1) is 14.4. The zero-order valence-corrected chi connectivity index (χ0v) is 13.1. The van der Waals surface area contributed by atoms with Crippen LogP contribution in [0, 0.1) is 11.6 Å². The molecule has 0 saturated carbocycles. The van der Waals surface area contributed by atoms with E-state index in [0.29, 0.717) is 6.54 Å². The van der Waals surface area contributed by atoms with Crippen molar-refractivity contribution in [3.05, 3.63) is 45.7 Å². The number of fused-ring (bicyclic) bond motifs is 1. The third-order valence-corrected chi connectivity index (χ3v) is 4.42. The van der Waals surface area contributed by atoms with E-state index >= 15 is 0 Å². The van der Waals surface area contributed by atoms with Gasteiger partial charge < -0.3 is 9.67 Å². The largest absolute Gasteiger partial charge is 0.395 e. The van der Waals surface area contributed by atoms with E-state index in [1.807, 2.05) is 6.07 Å². The minimum absolute atomic E-state index is 0.119. The van der Waals surface area contributed by atoms with Crippen molar-refractivity contribution in [1.82, 2.24) is 9.55 Å². The van der Waals surface area contributed by atoms with Crippen molar-refractivity contribution in [1.29, 1.82) is 0 Å². The quantitative estimate of drug-likeness (QED) is 0.882. The number of aliphatic hydroxyl groups is 1. The molecule has 0 aliphatic heterocycles. The molecule has 0 saturated heterocycles. The molecule has 0 spiro atoms. The lowest BCUT2D eigenvalue weighted by Crippen LogP contribution is -2.19. The molecular weight excluding hydrogens is 280 g/mol. The van der Waals surface area contributed by atoms with Gasteiger partial charge in [-0.25, -0.2) is 4.98 Å². The lowest BCUT2D eigenvalue weighted by atomic mass is 9.96. The molecular formula is C17H20N2OS. The summed E-state index contributed by atoms with van der Waals surface area (Å²) in [5.74, 6) is 0.887. The van der Waals surface area contributed by atoms with Crippen LogP contribution in [0.3, 0.4) is 0 Å². The number of aliphatic hydroxyl groups excluding tert-OH is 1. The van der Waals surface area contributed by atoms with Crippen molar-refractivity contribution in [2.45, 2.75) is 39.2 Å². The van der Waals surface area contributed by atoms with Crippen molar-refractivity contribution >= 4 is 12.2 Å². The Morgan fingerprint density at radius 2 is 2.10 bits per heavy atom. The Balaban J connectivity index is 2.24. The maximum absolute atomic E-state index is 9.44. The van der Waals surface area contributed by atoms with E-state index in [-0.39, 0.29) is 6.61 Å². The van der Waals surface area contributed by atoms with Crippen LogP contribution in [0.1, 0.15) is 29.7 Å². The minimum atomic E-state index is 0.119. The van der Waals surface area contributed by atoms with Gasteiger partial charge in [-0.15, -0.1) is 0 Å². The second-order valence-corrected chi connectivity index (χ2v) is 6.00. The van der Waals surface area contributed by atoms with E-state index in [1.165, 1.54) is 29.7 Å². The van der Waals surface area contributed by atoms with Crippen molar-refractivity contribution < 1.29 is 5.11 Å². The topological polar surface area (TPSA) is 38.0 Å². The van der Waals surface area contributed by atoms with Gasteiger partial charge in [-0.2, -0.15) is 0 Å². The Morgan fingerprint density at radius 3 is 2.86 bits per heavy atom. The number of rotatable bonds is 3. The molecule has 1 N–H and O–H groups in total. The average molecular weight is 300 g/mol. The van der Waals surface area contributed by atoms with E-state index in [4.69, 9.17) is 12.2 Å². The summed E-state index contributed by atoms with van der Waals surface area (Å²) in [5, 5.41) is 9.44. The molecule has 110 valence electrons. The summed E-state index contributed by atoms with van der Waals surface area (Å²) in [6, 6.07) is 8.30. The van der Waals surface area contributed by atoms with Gasteiger partial charge in [0.25, 0.3) is 0 Å². The molecule has 3 rings (SSSR count). The molecule has 2 aromatic rings. The highest BCUT2D eigenvalue weighted by Gasteiger charge is 2.18. The first-order valence-electron chi connectivity index (χ1n) is 7.51. The van der Waals surface area contributed by atoms with Crippen molar-refractivity contribution in [2.75, 3.05) is 6.61 Å². The maximum atomic E-state index is 9.44. The molecule has 3 nitrogen and oxygen atoms in total. The first-order chi connectivity index (χ1) is 10.2. The second kappa shape index (κ2) is 6.08. The molecule has 0 radical (unpaired) electrons. The van der Waals surface area contributed by atoms with E-state index in [0.717, 1.165) is 28.9 Å². The molecule has 1 heterocycles. The van der Waals surface area contributed by atoms with Crippen LogP contribution in [0.25, 0.3) is 11.4 Å². The number of aromatic nitrogens is 2. The monoisotopic (exact) mass is 300 g/mol. The Morgan fingerprint density at radius 1 is 1.29 bits per heavy atom. The van der Waals surface area contributed by atoms with Crippen LogP contribution < -0.4 is 0 Å². The predicted molar refractivity (Wildman–Crippen MR) is 87.0 cm³/mol. The van der Waals surface area contributed by atoms with Crippen LogP contribution in [0.15, 0.2) is 24.3 Å². The van der Waals surface area contributed by atoms with E-state index in [1.54, 1.807) is 0 Å². The van der Waals surface area contributed by atoms with Crippen molar-refractivity contribution in [3.63, 3.8) is 0 Å². The van der Waals surface area contributed by atoms with Gasteiger partial charge in [0, 0.05) is 23.4 Å². The Bertz CT molecular complexity index is 721. The lowest BCUT2D eigenvalue weighted by molar-refractivity contribution is 0.273. The van der Waals surface area contributed by atoms with Gasteiger partial charge in [0.15, 0.2) is 0 Å². The van der Waals surface area contributed by atoms with Crippen LogP contribution in [0.4, 0.5) is 0 Å². The summed E-state index contributed by atoms with van der Waals surface area (Å²) >= 11 is 5.52. The molecule has 0 unspecified atom stereocenters. The summed E-state index contributed by atoms with van der Waals surface area (Å²) in [6.07, 6.45) is 4.41. The highest BCUT2D eigenvalue weighted by atomic mass is 32.1. The molecule has 0 fully saturated rings. The molecule has 0 bridgehead atoms. The van der Waals surface area contributed by atoms with Crippen LogP contribution in [-0.4, -0.2) is 21.3 Å². The van der Waals surface area contributed by atoms with Gasteiger partial charge in [-0.1, -0.05) is 36.0 Å². The number of hydrogen-bond donors (Lipinski definition) is 1. The average Bonchev–Trinajstić information content (AvgIpc) is 2.50. The summed E-state index contributed by atoms with van der Waals surface area (Å²) < 4.78 is 2.90. The fourth-order valence-electron chi connectivity index (χ4n) is 3.11. The molecule has 1 aromatic carbocycles. The van der Waals surface area contributed by atoms with Gasteiger partial charge in [-0.3, -0.25) is 0 Å². The van der Waals surface area contributed by atoms with Crippen LogP contribution >= 0.6 is 12.2 Å². The fraction of sp³-hybridized carbons (Fsp3) is 0.412. The van der Waals surface area contributed by atoms with Crippen LogP contribution in [0.2, 0.25) is 0 Å².